The molecule has 0 aromatic rings. The van der Waals surface area contributed by atoms with Crippen molar-refractivity contribution in [3.05, 3.63) is 0 Å². The Morgan fingerprint density at radius 3 is 2.75 bits per heavy atom. The second-order valence-electron chi connectivity index (χ2n) is 5.63. The highest BCUT2D eigenvalue weighted by Gasteiger charge is 2.42. The lowest BCUT2D eigenvalue weighted by atomic mass is 9.75. The van der Waals surface area contributed by atoms with Gasteiger partial charge < -0.3 is 14.6 Å². The molecule has 0 bridgehead atoms. The molecule has 3 nitrogen and oxygen atoms in total. The Bertz CT molecular complexity index is 223. The molecule has 2 heterocycles. The van der Waals surface area contributed by atoms with E-state index in [1.165, 1.54) is 0 Å². The summed E-state index contributed by atoms with van der Waals surface area (Å²) in [6.07, 6.45) is 3.94. The number of aliphatic hydroxyl groups is 1. The summed E-state index contributed by atoms with van der Waals surface area (Å²) in [5, 5.41) is 10.8. The van der Waals surface area contributed by atoms with E-state index >= 15 is 0 Å². The molecule has 3 atom stereocenters. The van der Waals surface area contributed by atoms with Gasteiger partial charge in [-0.15, -0.1) is 0 Å². The predicted octanol–water partition coefficient (Wildman–Crippen LogP) is 1.98. The lowest BCUT2D eigenvalue weighted by Gasteiger charge is -2.44. The third kappa shape index (κ3) is 2.58. The Labute approximate surface area is 98.1 Å². The van der Waals surface area contributed by atoms with Gasteiger partial charge in [0.1, 0.15) is 0 Å². The molecule has 0 aromatic heterocycles. The van der Waals surface area contributed by atoms with Crippen LogP contribution in [0.15, 0.2) is 0 Å². The summed E-state index contributed by atoms with van der Waals surface area (Å²) in [6, 6.07) is 0. The molecular formula is C13H24O3. The highest BCUT2D eigenvalue weighted by Crippen LogP contribution is 2.37. The summed E-state index contributed by atoms with van der Waals surface area (Å²) in [5.74, 6) is 0.794. The Balaban J connectivity index is 1.99. The summed E-state index contributed by atoms with van der Waals surface area (Å²) < 4.78 is 11.2. The minimum absolute atomic E-state index is 0.209. The van der Waals surface area contributed by atoms with Crippen LogP contribution in [0, 0.1) is 11.8 Å². The first-order valence-electron chi connectivity index (χ1n) is 6.53. The van der Waals surface area contributed by atoms with E-state index in [9.17, 15) is 5.11 Å². The zero-order valence-electron chi connectivity index (χ0n) is 10.4. The van der Waals surface area contributed by atoms with Crippen molar-refractivity contribution >= 4 is 0 Å². The second kappa shape index (κ2) is 5.03. The zero-order chi connectivity index (χ0) is 11.6. The Hall–Kier alpha value is -0.120. The fourth-order valence-electron chi connectivity index (χ4n) is 2.86. The molecule has 0 spiro atoms. The van der Waals surface area contributed by atoms with Crippen LogP contribution < -0.4 is 0 Å². The maximum Gasteiger partial charge on any atom is 0.0744 e. The van der Waals surface area contributed by atoms with Crippen LogP contribution >= 0.6 is 0 Å². The summed E-state index contributed by atoms with van der Waals surface area (Å²) >= 11 is 0. The molecule has 0 saturated carbocycles. The molecular weight excluding hydrogens is 204 g/mol. The maximum absolute atomic E-state index is 10.8. The van der Waals surface area contributed by atoms with Gasteiger partial charge in [-0.1, -0.05) is 13.8 Å². The van der Waals surface area contributed by atoms with Crippen LogP contribution in [0.25, 0.3) is 0 Å². The molecule has 16 heavy (non-hydrogen) atoms. The highest BCUT2D eigenvalue weighted by atomic mass is 16.5. The van der Waals surface area contributed by atoms with E-state index in [4.69, 9.17) is 9.47 Å². The van der Waals surface area contributed by atoms with Gasteiger partial charge in [-0.2, -0.15) is 0 Å². The van der Waals surface area contributed by atoms with Crippen molar-refractivity contribution < 1.29 is 14.6 Å². The third-order valence-corrected chi connectivity index (χ3v) is 4.09. The van der Waals surface area contributed by atoms with Crippen molar-refractivity contribution in [1.29, 1.82) is 0 Å². The van der Waals surface area contributed by atoms with Gasteiger partial charge in [-0.25, -0.2) is 0 Å². The van der Waals surface area contributed by atoms with Gasteiger partial charge in [-0.3, -0.25) is 0 Å². The van der Waals surface area contributed by atoms with E-state index < -0.39 is 5.60 Å². The van der Waals surface area contributed by atoms with E-state index in [0.717, 1.165) is 38.9 Å². The van der Waals surface area contributed by atoms with E-state index in [2.05, 4.69) is 13.8 Å². The molecule has 0 amide bonds. The van der Waals surface area contributed by atoms with Gasteiger partial charge in [0.2, 0.25) is 0 Å². The van der Waals surface area contributed by atoms with Crippen LogP contribution in [-0.2, 0) is 9.47 Å². The van der Waals surface area contributed by atoms with Crippen molar-refractivity contribution in [2.24, 2.45) is 11.8 Å². The van der Waals surface area contributed by atoms with Gasteiger partial charge in [-0.05, 0) is 25.2 Å². The molecule has 3 heteroatoms. The highest BCUT2D eigenvalue weighted by molar-refractivity contribution is 4.93. The van der Waals surface area contributed by atoms with Crippen LogP contribution in [-0.4, -0.2) is 36.6 Å². The number of hydrogen-bond acceptors (Lipinski definition) is 3. The third-order valence-electron chi connectivity index (χ3n) is 4.09. The van der Waals surface area contributed by atoms with Crippen molar-refractivity contribution in [1.82, 2.24) is 0 Å². The van der Waals surface area contributed by atoms with Crippen LogP contribution in [0.4, 0.5) is 0 Å². The SMILES string of the molecule is CC(C)C1CC(O)(C2CCCOC2)CCO1. The van der Waals surface area contributed by atoms with Gasteiger partial charge in [0.25, 0.3) is 0 Å². The minimum Gasteiger partial charge on any atom is -0.389 e. The molecule has 0 aliphatic carbocycles. The number of hydrogen-bond donors (Lipinski definition) is 1. The van der Waals surface area contributed by atoms with Gasteiger partial charge in [0.05, 0.1) is 18.3 Å². The first-order valence-corrected chi connectivity index (χ1v) is 6.53. The lowest BCUT2D eigenvalue weighted by molar-refractivity contribution is -0.162. The second-order valence-corrected chi connectivity index (χ2v) is 5.63. The van der Waals surface area contributed by atoms with Crippen LogP contribution in [0.3, 0.4) is 0 Å². The molecule has 2 rings (SSSR count). The summed E-state index contributed by atoms with van der Waals surface area (Å²) in [6.45, 7) is 6.59. The van der Waals surface area contributed by atoms with Crippen molar-refractivity contribution in [2.45, 2.75) is 51.2 Å². The molecule has 1 N–H and O–H groups in total. The van der Waals surface area contributed by atoms with Gasteiger partial charge in [0, 0.05) is 25.6 Å². The first-order chi connectivity index (χ1) is 7.62. The first kappa shape index (κ1) is 12.3. The minimum atomic E-state index is -0.548. The summed E-state index contributed by atoms with van der Waals surface area (Å²) in [5.41, 5.74) is -0.548. The van der Waals surface area contributed by atoms with Crippen molar-refractivity contribution in [3.63, 3.8) is 0 Å². The fraction of sp³-hybridized carbons (Fsp3) is 1.00. The van der Waals surface area contributed by atoms with E-state index in [1.54, 1.807) is 0 Å². The maximum atomic E-state index is 10.8. The average molecular weight is 228 g/mol. The quantitative estimate of drug-likeness (QED) is 0.785. The van der Waals surface area contributed by atoms with Crippen LogP contribution in [0.2, 0.25) is 0 Å². The lowest BCUT2D eigenvalue weighted by Crippen LogP contribution is -2.50. The van der Waals surface area contributed by atoms with Crippen molar-refractivity contribution in [2.75, 3.05) is 19.8 Å². The largest absolute Gasteiger partial charge is 0.389 e. The predicted molar refractivity (Wildman–Crippen MR) is 62.3 cm³/mol. The summed E-state index contributed by atoms with van der Waals surface area (Å²) in [4.78, 5) is 0. The Morgan fingerprint density at radius 2 is 2.12 bits per heavy atom. The molecule has 2 aliphatic heterocycles. The van der Waals surface area contributed by atoms with Gasteiger partial charge in [0.15, 0.2) is 0 Å². The average Bonchev–Trinajstić information content (AvgIpc) is 2.30. The van der Waals surface area contributed by atoms with Gasteiger partial charge >= 0.3 is 0 Å². The Kier molecular flexibility index (Phi) is 3.88. The zero-order valence-corrected chi connectivity index (χ0v) is 10.4. The fourth-order valence-corrected chi connectivity index (χ4v) is 2.86. The molecule has 0 radical (unpaired) electrons. The molecule has 2 saturated heterocycles. The van der Waals surface area contributed by atoms with E-state index in [0.29, 0.717) is 18.4 Å². The standard InChI is InChI=1S/C13H24O3/c1-10(2)12-8-13(14,5-7-16-12)11-4-3-6-15-9-11/h10-12,14H,3-9H2,1-2H3. The normalized spacial score (nSPS) is 41.2. The smallest absolute Gasteiger partial charge is 0.0744 e. The Morgan fingerprint density at radius 1 is 1.31 bits per heavy atom. The van der Waals surface area contributed by atoms with Crippen LogP contribution in [0.5, 0.6) is 0 Å². The molecule has 2 aliphatic rings. The molecule has 94 valence electrons. The molecule has 0 aromatic carbocycles. The summed E-state index contributed by atoms with van der Waals surface area (Å²) in [7, 11) is 0. The number of ether oxygens (including phenoxy) is 2. The van der Waals surface area contributed by atoms with E-state index in [1.807, 2.05) is 0 Å². The monoisotopic (exact) mass is 228 g/mol. The topological polar surface area (TPSA) is 38.7 Å². The molecule has 3 unspecified atom stereocenters. The van der Waals surface area contributed by atoms with E-state index in [-0.39, 0.29) is 6.10 Å². The molecule has 2 fully saturated rings. The van der Waals surface area contributed by atoms with Crippen molar-refractivity contribution in [3.8, 4) is 0 Å². The van der Waals surface area contributed by atoms with Crippen LogP contribution in [0.1, 0.15) is 39.5 Å². The number of rotatable bonds is 2.